The van der Waals surface area contributed by atoms with Crippen LogP contribution in [0.5, 0.6) is 5.75 Å². The van der Waals surface area contributed by atoms with E-state index in [4.69, 9.17) is 10.5 Å². The van der Waals surface area contributed by atoms with Gasteiger partial charge in [-0.3, -0.25) is 4.98 Å². The van der Waals surface area contributed by atoms with E-state index in [0.29, 0.717) is 11.3 Å². The Kier molecular flexibility index (Phi) is 4.47. The van der Waals surface area contributed by atoms with Crippen molar-refractivity contribution in [3.63, 3.8) is 0 Å². The summed E-state index contributed by atoms with van der Waals surface area (Å²) in [6.45, 7) is 1.83. The third kappa shape index (κ3) is 3.95. The topological polar surface area (TPSA) is 48.1 Å². The van der Waals surface area contributed by atoms with Gasteiger partial charge in [-0.15, -0.1) is 0 Å². The van der Waals surface area contributed by atoms with E-state index in [2.05, 4.69) is 4.98 Å². The first-order valence-corrected chi connectivity index (χ1v) is 6.35. The van der Waals surface area contributed by atoms with E-state index in [1.165, 1.54) is 12.1 Å². The van der Waals surface area contributed by atoms with E-state index in [0.717, 1.165) is 11.8 Å². The van der Waals surface area contributed by atoms with Crippen molar-refractivity contribution in [3.8, 4) is 5.75 Å². The van der Waals surface area contributed by atoms with Crippen LogP contribution in [-0.4, -0.2) is 4.98 Å². The van der Waals surface area contributed by atoms with Crippen molar-refractivity contribution in [3.05, 3.63) is 58.9 Å². The molecular formula is C15H15F3N2O. The van der Waals surface area contributed by atoms with Crippen LogP contribution in [0.3, 0.4) is 0 Å². The molecular weight excluding hydrogens is 281 g/mol. The molecule has 0 fully saturated rings. The normalized spacial score (nSPS) is 11.5. The monoisotopic (exact) mass is 296 g/mol. The summed E-state index contributed by atoms with van der Waals surface area (Å²) in [4.78, 5) is 4.19. The second kappa shape index (κ2) is 6.13. The van der Waals surface area contributed by atoms with Gasteiger partial charge in [0.25, 0.3) is 0 Å². The van der Waals surface area contributed by atoms with Crippen LogP contribution in [0, 0.1) is 6.92 Å². The summed E-state index contributed by atoms with van der Waals surface area (Å²) >= 11 is 0. The number of benzene rings is 1. The number of alkyl halides is 3. The van der Waals surface area contributed by atoms with Crippen molar-refractivity contribution < 1.29 is 17.9 Å². The fourth-order valence-corrected chi connectivity index (χ4v) is 1.88. The zero-order valence-electron chi connectivity index (χ0n) is 11.4. The largest absolute Gasteiger partial charge is 0.487 e. The lowest BCUT2D eigenvalue weighted by Gasteiger charge is -2.15. The third-order valence-electron chi connectivity index (χ3n) is 2.91. The van der Waals surface area contributed by atoms with Gasteiger partial charge < -0.3 is 10.5 Å². The summed E-state index contributed by atoms with van der Waals surface area (Å²) in [5, 5.41) is 0. The fraction of sp³-hybridized carbons (Fsp3) is 0.267. The molecule has 3 nitrogen and oxygen atoms in total. The molecule has 2 N–H and O–H groups in total. The number of halogens is 3. The molecule has 0 aliphatic rings. The van der Waals surface area contributed by atoms with Crippen molar-refractivity contribution in [2.75, 3.05) is 0 Å². The van der Waals surface area contributed by atoms with E-state index in [9.17, 15) is 13.2 Å². The Hall–Kier alpha value is -2.08. The number of pyridine rings is 1. The molecule has 2 rings (SSSR count). The molecule has 0 bridgehead atoms. The Balaban J connectivity index is 2.23. The number of nitrogens with zero attached hydrogens (tertiary/aromatic N) is 1. The van der Waals surface area contributed by atoms with Crippen LogP contribution in [0.1, 0.15) is 22.5 Å². The lowest BCUT2D eigenvalue weighted by atomic mass is 10.1. The summed E-state index contributed by atoms with van der Waals surface area (Å²) in [6, 6.07) is 9.12. The van der Waals surface area contributed by atoms with Gasteiger partial charge in [0.15, 0.2) is 0 Å². The number of hydrogen-bond acceptors (Lipinski definition) is 3. The molecule has 0 unspecified atom stereocenters. The molecule has 1 aromatic carbocycles. The Labute approximate surface area is 120 Å². The molecule has 0 spiro atoms. The Morgan fingerprint density at radius 3 is 2.57 bits per heavy atom. The zero-order chi connectivity index (χ0) is 15.5. The van der Waals surface area contributed by atoms with E-state index >= 15 is 0 Å². The Morgan fingerprint density at radius 1 is 1.19 bits per heavy atom. The van der Waals surface area contributed by atoms with Crippen LogP contribution in [0.2, 0.25) is 0 Å². The molecule has 2 aromatic rings. The van der Waals surface area contributed by atoms with Crippen molar-refractivity contribution in [1.82, 2.24) is 4.98 Å². The Morgan fingerprint density at radius 2 is 1.95 bits per heavy atom. The lowest BCUT2D eigenvalue weighted by molar-refractivity contribution is -0.139. The van der Waals surface area contributed by atoms with Crippen molar-refractivity contribution in [2.24, 2.45) is 5.73 Å². The molecule has 0 aliphatic carbocycles. The summed E-state index contributed by atoms with van der Waals surface area (Å²) in [6.07, 6.45) is -4.49. The van der Waals surface area contributed by atoms with Crippen molar-refractivity contribution >= 4 is 0 Å². The Bertz CT molecular complexity index is 627. The minimum Gasteiger partial charge on any atom is -0.487 e. The standard InChI is InChI=1S/C15H15F3N2O/c1-10-3-2-4-12(20-10)9-21-14-6-5-11(8-19)7-13(14)15(16,17)18/h2-7H,8-9,19H2,1H3. The van der Waals surface area contributed by atoms with Gasteiger partial charge in [-0.2, -0.15) is 13.2 Å². The molecule has 0 saturated heterocycles. The van der Waals surface area contributed by atoms with Gasteiger partial charge in [0, 0.05) is 12.2 Å². The zero-order valence-corrected chi connectivity index (χ0v) is 11.4. The second-order valence-corrected chi connectivity index (χ2v) is 4.59. The van der Waals surface area contributed by atoms with Gasteiger partial charge >= 0.3 is 6.18 Å². The highest BCUT2D eigenvalue weighted by Crippen LogP contribution is 2.37. The van der Waals surface area contributed by atoms with E-state index in [1.54, 1.807) is 25.1 Å². The maximum absolute atomic E-state index is 13.0. The average molecular weight is 296 g/mol. The first-order valence-electron chi connectivity index (χ1n) is 6.35. The van der Waals surface area contributed by atoms with Crippen LogP contribution >= 0.6 is 0 Å². The highest BCUT2D eigenvalue weighted by Gasteiger charge is 2.34. The van der Waals surface area contributed by atoms with Gasteiger partial charge in [-0.25, -0.2) is 0 Å². The first-order chi connectivity index (χ1) is 9.90. The lowest BCUT2D eigenvalue weighted by Crippen LogP contribution is -2.11. The van der Waals surface area contributed by atoms with Gasteiger partial charge in [0.2, 0.25) is 0 Å². The molecule has 0 saturated carbocycles. The third-order valence-corrected chi connectivity index (χ3v) is 2.91. The highest BCUT2D eigenvalue weighted by atomic mass is 19.4. The second-order valence-electron chi connectivity index (χ2n) is 4.59. The van der Waals surface area contributed by atoms with Crippen LogP contribution in [0.25, 0.3) is 0 Å². The van der Waals surface area contributed by atoms with E-state index in [-0.39, 0.29) is 18.9 Å². The number of nitrogens with two attached hydrogens (primary N) is 1. The molecule has 21 heavy (non-hydrogen) atoms. The van der Waals surface area contributed by atoms with Crippen LogP contribution in [0.15, 0.2) is 36.4 Å². The van der Waals surface area contributed by atoms with Crippen LogP contribution in [-0.2, 0) is 19.3 Å². The summed E-state index contributed by atoms with van der Waals surface area (Å²) in [5.74, 6) is -0.219. The van der Waals surface area contributed by atoms with E-state index in [1.807, 2.05) is 0 Å². The van der Waals surface area contributed by atoms with Crippen LogP contribution < -0.4 is 10.5 Å². The fourth-order valence-electron chi connectivity index (χ4n) is 1.88. The number of aromatic nitrogens is 1. The first kappa shape index (κ1) is 15.3. The minimum absolute atomic E-state index is 0.0211. The number of aryl methyl sites for hydroxylation is 1. The molecule has 0 radical (unpaired) electrons. The average Bonchev–Trinajstić information content (AvgIpc) is 2.44. The quantitative estimate of drug-likeness (QED) is 0.940. The minimum atomic E-state index is -4.49. The van der Waals surface area contributed by atoms with Crippen molar-refractivity contribution in [2.45, 2.75) is 26.3 Å². The molecule has 0 aliphatic heterocycles. The maximum Gasteiger partial charge on any atom is 0.419 e. The van der Waals surface area contributed by atoms with Gasteiger partial charge in [0.05, 0.1) is 11.3 Å². The van der Waals surface area contributed by atoms with Gasteiger partial charge in [0.1, 0.15) is 12.4 Å². The number of rotatable bonds is 4. The predicted molar refractivity (Wildman–Crippen MR) is 72.6 cm³/mol. The number of hydrogen-bond donors (Lipinski definition) is 1. The predicted octanol–water partition coefficient (Wildman–Crippen LogP) is 3.45. The molecule has 0 amide bonds. The summed E-state index contributed by atoms with van der Waals surface area (Å²) in [7, 11) is 0. The molecule has 1 heterocycles. The van der Waals surface area contributed by atoms with Crippen LogP contribution in [0.4, 0.5) is 13.2 Å². The molecule has 6 heteroatoms. The van der Waals surface area contributed by atoms with Gasteiger partial charge in [-0.05, 0) is 36.8 Å². The SMILES string of the molecule is Cc1cccc(COc2ccc(CN)cc2C(F)(F)F)n1. The molecule has 112 valence electrons. The maximum atomic E-state index is 13.0. The number of ether oxygens (including phenoxy) is 1. The molecule has 1 aromatic heterocycles. The van der Waals surface area contributed by atoms with E-state index < -0.39 is 11.7 Å². The van der Waals surface area contributed by atoms with Gasteiger partial charge in [-0.1, -0.05) is 12.1 Å². The van der Waals surface area contributed by atoms with Crippen molar-refractivity contribution in [1.29, 1.82) is 0 Å². The summed E-state index contributed by atoms with van der Waals surface area (Å²) < 4.78 is 44.3. The highest BCUT2D eigenvalue weighted by molar-refractivity contribution is 5.39. The summed E-state index contributed by atoms with van der Waals surface area (Å²) in [5.41, 5.74) is 6.32. The smallest absolute Gasteiger partial charge is 0.419 e. The molecule has 0 atom stereocenters.